The molecule has 0 saturated carbocycles. The molecule has 0 saturated heterocycles. The summed E-state index contributed by atoms with van der Waals surface area (Å²) in [5.41, 5.74) is 6.43. The standard InChI is InChI=1S/C15H12I3NO4.H2O/c16-9-6-8(1-2-13(9)20)23-14-10(17)3-7(4-11(14)18)5-12(19)15(21)22;/h1-4,6,12,20H,5,19H2,(H,21,22);1H2/t12-;/m0./s1. The predicted octanol–water partition coefficient (Wildman–Crippen LogP) is 3.13. The molecule has 2 rings (SSSR count). The smallest absolute Gasteiger partial charge is 0.320 e. The third-order valence-corrected chi connectivity index (χ3v) is 5.44. The Morgan fingerprint density at radius 1 is 1.12 bits per heavy atom. The first kappa shape index (κ1) is 21.7. The SMILES string of the molecule is N[C@@H](Cc1cc(I)c(Oc2ccc(O)c(I)c2)c(I)c1)C(=O)O.O. The number of phenolic OH excluding ortho intramolecular Hbond substituents is 1. The minimum Gasteiger partial charge on any atom is -0.507 e. The summed E-state index contributed by atoms with van der Waals surface area (Å²) in [5.74, 6) is 0.507. The molecule has 2 aromatic carbocycles. The Morgan fingerprint density at radius 2 is 1.71 bits per heavy atom. The number of halogens is 3. The number of carboxylic acid groups (broad SMARTS) is 1. The van der Waals surface area contributed by atoms with Crippen molar-refractivity contribution in [3.05, 3.63) is 46.6 Å². The van der Waals surface area contributed by atoms with Gasteiger partial charge in [-0.15, -0.1) is 0 Å². The largest absolute Gasteiger partial charge is 0.507 e. The second-order valence-corrected chi connectivity index (χ2v) is 8.24. The number of carbonyl (C=O) groups is 1. The number of hydrogen-bond acceptors (Lipinski definition) is 4. The molecular formula is C15H14I3NO5. The molecule has 2 aromatic rings. The zero-order chi connectivity index (χ0) is 17.1. The van der Waals surface area contributed by atoms with Gasteiger partial charge in [0.2, 0.25) is 0 Å². The van der Waals surface area contributed by atoms with Crippen LogP contribution < -0.4 is 10.5 Å². The Balaban J connectivity index is 0.00000288. The summed E-state index contributed by atoms with van der Waals surface area (Å²) in [6.07, 6.45) is 0.263. The van der Waals surface area contributed by atoms with Gasteiger partial charge in [-0.05, 0) is 110 Å². The van der Waals surface area contributed by atoms with E-state index in [1.807, 2.05) is 34.7 Å². The van der Waals surface area contributed by atoms with E-state index in [0.717, 1.165) is 12.7 Å². The highest BCUT2D eigenvalue weighted by Crippen LogP contribution is 2.34. The summed E-state index contributed by atoms with van der Waals surface area (Å²) in [6, 6.07) is 7.83. The molecule has 0 heterocycles. The van der Waals surface area contributed by atoms with Crippen molar-refractivity contribution in [3.8, 4) is 17.2 Å². The maximum absolute atomic E-state index is 10.9. The van der Waals surface area contributed by atoms with Gasteiger partial charge >= 0.3 is 5.97 Å². The van der Waals surface area contributed by atoms with Crippen LogP contribution in [0.15, 0.2) is 30.3 Å². The topological polar surface area (TPSA) is 124 Å². The molecule has 0 aliphatic carbocycles. The van der Waals surface area contributed by atoms with Gasteiger partial charge in [0.15, 0.2) is 5.75 Å². The number of ether oxygens (including phenoxy) is 1. The van der Waals surface area contributed by atoms with Crippen LogP contribution in [0.25, 0.3) is 0 Å². The summed E-state index contributed by atoms with van der Waals surface area (Å²) in [6.45, 7) is 0. The van der Waals surface area contributed by atoms with Crippen LogP contribution in [0.1, 0.15) is 5.56 Å². The normalized spacial score (nSPS) is 11.5. The van der Waals surface area contributed by atoms with E-state index in [1.54, 1.807) is 18.2 Å². The van der Waals surface area contributed by atoms with Crippen LogP contribution in [0.2, 0.25) is 0 Å². The molecule has 1 atom stereocenters. The molecule has 6 nitrogen and oxygen atoms in total. The van der Waals surface area contributed by atoms with Crippen LogP contribution in [-0.4, -0.2) is 27.7 Å². The second kappa shape index (κ2) is 9.35. The maximum Gasteiger partial charge on any atom is 0.320 e. The quantitative estimate of drug-likeness (QED) is 0.423. The number of carboxylic acids is 1. The minimum atomic E-state index is -1.02. The van der Waals surface area contributed by atoms with Gasteiger partial charge in [0.1, 0.15) is 17.5 Å². The van der Waals surface area contributed by atoms with Crippen molar-refractivity contribution in [1.82, 2.24) is 0 Å². The zero-order valence-electron chi connectivity index (χ0n) is 12.1. The Hall–Kier alpha value is -0.380. The van der Waals surface area contributed by atoms with Crippen molar-refractivity contribution in [3.63, 3.8) is 0 Å². The first-order chi connectivity index (χ1) is 10.8. The average Bonchev–Trinajstić information content (AvgIpc) is 2.46. The van der Waals surface area contributed by atoms with Gasteiger partial charge in [0.05, 0.1) is 10.7 Å². The predicted molar refractivity (Wildman–Crippen MR) is 116 cm³/mol. The summed E-state index contributed by atoms with van der Waals surface area (Å²) >= 11 is 6.33. The van der Waals surface area contributed by atoms with E-state index in [9.17, 15) is 9.90 Å². The number of hydrogen-bond donors (Lipinski definition) is 3. The molecule has 0 fully saturated rings. The molecule has 0 bridgehead atoms. The van der Waals surface area contributed by atoms with Gasteiger partial charge in [-0.1, -0.05) is 0 Å². The van der Waals surface area contributed by atoms with E-state index in [0.29, 0.717) is 15.1 Å². The van der Waals surface area contributed by atoms with Gasteiger partial charge in [-0.3, -0.25) is 4.79 Å². The van der Waals surface area contributed by atoms with Gasteiger partial charge < -0.3 is 26.2 Å². The minimum absolute atomic E-state index is 0. The van der Waals surface area contributed by atoms with Crippen molar-refractivity contribution >= 4 is 73.7 Å². The fourth-order valence-electron chi connectivity index (χ4n) is 1.84. The summed E-state index contributed by atoms with van der Waals surface area (Å²) in [7, 11) is 0. The Labute approximate surface area is 179 Å². The molecule has 6 N–H and O–H groups in total. The monoisotopic (exact) mass is 669 g/mol. The van der Waals surface area contributed by atoms with E-state index in [1.165, 1.54) is 0 Å². The van der Waals surface area contributed by atoms with E-state index < -0.39 is 12.0 Å². The molecule has 0 amide bonds. The van der Waals surface area contributed by atoms with Gasteiger partial charge in [0.25, 0.3) is 0 Å². The molecule has 130 valence electrons. The molecule has 0 aliphatic rings. The lowest BCUT2D eigenvalue weighted by Crippen LogP contribution is -2.32. The van der Waals surface area contributed by atoms with Crippen LogP contribution in [0.3, 0.4) is 0 Å². The Morgan fingerprint density at radius 3 is 2.21 bits per heavy atom. The lowest BCUT2D eigenvalue weighted by Gasteiger charge is -2.13. The highest BCUT2D eigenvalue weighted by Gasteiger charge is 2.16. The molecular weight excluding hydrogens is 655 g/mol. The lowest BCUT2D eigenvalue weighted by atomic mass is 10.1. The van der Waals surface area contributed by atoms with Crippen molar-refractivity contribution in [2.45, 2.75) is 12.5 Å². The Kier molecular flexibility index (Phi) is 8.44. The molecule has 0 aliphatic heterocycles. The Bertz CT molecular complexity index is 731. The zero-order valence-corrected chi connectivity index (χ0v) is 18.6. The van der Waals surface area contributed by atoms with Crippen LogP contribution in [-0.2, 0) is 11.2 Å². The number of aromatic hydroxyl groups is 1. The summed E-state index contributed by atoms with van der Waals surface area (Å²) in [4.78, 5) is 10.9. The highest BCUT2D eigenvalue weighted by atomic mass is 127. The van der Waals surface area contributed by atoms with Crippen LogP contribution in [0, 0.1) is 10.7 Å². The molecule has 0 unspecified atom stereocenters. The first-order valence-corrected chi connectivity index (χ1v) is 9.64. The molecule has 0 spiro atoms. The van der Waals surface area contributed by atoms with Crippen molar-refractivity contribution in [2.24, 2.45) is 5.73 Å². The third-order valence-electron chi connectivity index (χ3n) is 2.97. The summed E-state index contributed by atoms with van der Waals surface area (Å²) < 4.78 is 8.34. The fourth-order valence-corrected chi connectivity index (χ4v) is 4.44. The number of benzene rings is 2. The van der Waals surface area contributed by atoms with Crippen molar-refractivity contribution in [1.29, 1.82) is 0 Å². The van der Waals surface area contributed by atoms with Crippen molar-refractivity contribution in [2.75, 3.05) is 0 Å². The lowest BCUT2D eigenvalue weighted by molar-refractivity contribution is -0.138. The number of rotatable bonds is 5. The highest BCUT2D eigenvalue weighted by molar-refractivity contribution is 14.1. The second-order valence-electron chi connectivity index (χ2n) is 4.75. The maximum atomic E-state index is 10.9. The van der Waals surface area contributed by atoms with Gasteiger partial charge in [-0.2, -0.15) is 0 Å². The summed E-state index contributed by atoms with van der Waals surface area (Å²) in [5, 5.41) is 18.5. The van der Waals surface area contributed by atoms with Gasteiger partial charge in [-0.25, -0.2) is 0 Å². The molecule has 0 aromatic heterocycles. The fraction of sp³-hybridized carbons (Fsp3) is 0.133. The molecule has 24 heavy (non-hydrogen) atoms. The van der Waals surface area contributed by atoms with E-state index in [4.69, 9.17) is 15.6 Å². The third kappa shape index (κ3) is 5.57. The van der Waals surface area contributed by atoms with Crippen LogP contribution in [0.5, 0.6) is 17.2 Å². The van der Waals surface area contributed by atoms with Crippen molar-refractivity contribution < 1.29 is 25.2 Å². The van der Waals surface area contributed by atoms with E-state index in [2.05, 4.69) is 45.2 Å². The van der Waals surface area contributed by atoms with E-state index >= 15 is 0 Å². The van der Waals surface area contributed by atoms with Gasteiger partial charge in [0, 0.05) is 0 Å². The van der Waals surface area contributed by atoms with E-state index in [-0.39, 0.29) is 17.6 Å². The average molecular weight is 669 g/mol. The number of nitrogens with two attached hydrogens (primary N) is 1. The van der Waals surface area contributed by atoms with Crippen LogP contribution >= 0.6 is 67.8 Å². The molecule has 9 heteroatoms. The first-order valence-electron chi connectivity index (χ1n) is 6.40. The van der Waals surface area contributed by atoms with Crippen LogP contribution in [0.4, 0.5) is 0 Å². The number of aliphatic carboxylic acids is 1. The number of phenols is 1. The molecule has 0 radical (unpaired) electrons.